The lowest BCUT2D eigenvalue weighted by Gasteiger charge is -2.33. The third kappa shape index (κ3) is 4.42. The molecule has 0 radical (unpaired) electrons. The summed E-state index contributed by atoms with van der Waals surface area (Å²) in [5.41, 5.74) is 3.85. The Balaban J connectivity index is 2.45. The minimum Gasteiger partial charge on any atom is -0.480 e. The highest BCUT2D eigenvalue weighted by atomic mass is 16.4. The molecule has 3 amide bonds. The van der Waals surface area contributed by atoms with Crippen LogP contribution in [0.1, 0.15) is 33.1 Å². The summed E-state index contributed by atoms with van der Waals surface area (Å²) < 4.78 is 0. The first-order valence-corrected chi connectivity index (χ1v) is 6.31. The van der Waals surface area contributed by atoms with Crippen LogP contribution >= 0.6 is 0 Å². The fraction of sp³-hybridized carbons (Fsp3) is 0.750. The Morgan fingerprint density at radius 2 is 1.84 bits per heavy atom. The van der Waals surface area contributed by atoms with Gasteiger partial charge in [0, 0.05) is 19.5 Å². The van der Waals surface area contributed by atoms with Crippen LogP contribution in [0.15, 0.2) is 0 Å². The summed E-state index contributed by atoms with van der Waals surface area (Å²) in [5.74, 6) is -1.19. The van der Waals surface area contributed by atoms with Gasteiger partial charge in [0.2, 0.25) is 5.91 Å². The number of carbonyl (C=O) groups is 3. The Hall–Kier alpha value is -1.79. The molecule has 1 fully saturated rings. The molecule has 7 nitrogen and oxygen atoms in total. The summed E-state index contributed by atoms with van der Waals surface area (Å²) in [6, 6.07) is -0.384. The molecule has 0 aromatic heterocycles. The second-order valence-corrected chi connectivity index (χ2v) is 5.46. The largest absolute Gasteiger partial charge is 0.480 e. The molecule has 0 saturated carbocycles. The molecule has 4 N–H and O–H groups in total. The molecule has 1 rings (SSSR count). The lowest BCUT2D eigenvalue weighted by atomic mass is 9.93. The van der Waals surface area contributed by atoms with Gasteiger partial charge in [-0.15, -0.1) is 0 Å². The van der Waals surface area contributed by atoms with Crippen LogP contribution in [0.2, 0.25) is 0 Å². The van der Waals surface area contributed by atoms with E-state index in [4.69, 9.17) is 10.8 Å². The number of primary amides is 1. The van der Waals surface area contributed by atoms with Gasteiger partial charge in [-0.3, -0.25) is 4.79 Å². The zero-order valence-corrected chi connectivity index (χ0v) is 11.3. The van der Waals surface area contributed by atoms with Crippen molar-refractivity contribution < 1.29 is 19.5 Å². The average molecular weight is 271 g/mol. The lowest BCUT2D eigenvalue weighted by molar-refractivity contribution is -0.143. The summed E-state index contributed by atoms with van der Waals surface area (Å²) in [4.78, 5) is 35.2. The first-order valence-electron chi connectivity index (χ1n) is 6.31. The van der Waals surface area contributed by atoms with Gasteiger partial charge in [0.25, 0.3) is 0 Å². The molecule has 108 valence electrons. The molecule has 0 aromatic rings. The maximum absolute atomic E-state index is 11.9. The number of amides is 3. The molecular formula is C12H21N3O4. The van der Waals surface area contributed by atoms with Crippen molar-refractivity contribution in [1.82, 2.24) is 10.2 Å². The smallest absolute Gasteiger partial charge is 0.328 e. The van der Waals surface area contributed by atoms with Crippen molar-refractivity contribution in [2.45, 2.75) is 38.6 Å². The number of carboxylic acid groups (broad SMARTS) is 1. The molecular weight excluding hydrogens is 250 g/mol. The molecule has 1 aliphatic heterocycles. The van der Waals surface area contributed by atoms with Crippen LogP contribution in [0.4, 0.5) is 4.79 Å². The van der Waals surface area contributed by atoms with Crippen molar-refractivity contribution in [3.05, 3.63) is 0 Å². The average Bonchev–Trinajstić information content (AvgIpc) is 2.28. The van der Waals surface area contributed by atoms with E-state index in [1.165, 1.54) is 13.8 Å². The number of hydrogen-bond donors (Lipinski definition) is 3. The van der Waals surface area contributed by atoms with E-state index < -0.39 is 11.5 Å². The van der Waals surface area contributed by atoms with Crippen molar-refractivity contribution in [1.29, 1.82) is 0 Å². The van der Waals surface area contributed by atoms with Crippen LogP contribution < -0.4 is 11.1 Å². The number of urea groups is 1. The van der Waals surface area contributed by atoms with E-state index in [2.05, 4.69) is 5.32 Å². The fourth-order valence-electron chi connectivity index (χ4n) is 2.02. The van der Waals surface area contributed by atoms with Gasteiger partial charge in [0.1, 0.15) is 5.54 Å². The normalized spacial score (nSPS) is 17.1. The van der Waals surface area contributed by atoms with Gasteiger partial charge < -0.3 is 21.1 Å². The first-order chi connectivity index (χ1) is 8.72. The van der Waals surface area contributed by atoms with E-state index in [1.807, 2.05) is 0 Å². The molecule has 7 heteroatoms. The SMILES string of the molecule is CC(C)(NC(=O)N1CCC(CC(N)=O)CC1)C(=O)O. The number of hydrogen-bond acceptors (Lipinski definition) is 3. The molecule has 0 aliphatic carbocycles. The molecule has 0 atom stereocenters. The van der Waals surface area contributed by atoms with Gasteiger partial charge >= 0.3 is 12.0 Å². The molecule has 0 bridgehead atoms. The predicted octanol–water partition coefficient (Wildman–Crippen LogP) is 0.147. The van der Waals surface area contributed by atoms with E-state index in [0.717, 1.165) is 0 Å². The number of nitrogens with two attached hydrogens (primary N) is 1. The molecule has 1 aliphatic rings. The highest BCUT2D eigenvalue weighted by Gasteiger charge is 2.32. The Kier molecular flexibility index (Phi) is 4.74. The van der Waals surface area contributed by atoms with E-state index in [-0.39, 0.29) is 17.9 Å². The Bertz CT molecular complexity index is 373. The van der Waals surface area contributed by atoms with E-state index in [0.29, 0.717) is 32.4 Å². The van der Waals surface area contributed by atoms with Gasteiger partial charge in [-0.05, 0) is 32.6 Å². The second-order valence-electron chi connectivity index (χ2n) is 5.46. The number of aliphatic carboxylic acids is 1. The van der Waals surface area contributed by atoms with E-state index >= 15 is 0 Å². The van der Waals surface area contributed by atoms with Crippen molar-refractivity contribution in [3.8, 4) is 0 Å². The number of carboxylic acids is 1. The van der Waals surface area contributed by atoms with Crippen LogP contribution in [-0.2, 0) is 9.59 Å². The Labute approximate surface area is 112 Å². The van der Waals surface area contributed by atoms with Gasteiger partial charge in [0.05, 0.1) is 0 Å². The van der Waals surface area contributed by atoms with Gasteiger partial charge in [0.15, 0.2) is 0 Å². The zero-order valence-electron chi connectivity index (χ0n) is 11.3. The van der Waals surface area contributed by atoms with Crippen LogP contribution in [0, 0.1) is 5.92 Å². The third-order valence-electron chi connectivity index (χ3n) is 3.35. The standard InChI is InChI=1S/C12H21N3O4/c1-12(2,10(17)18)14-11(19)15-5-3-8(4-6-15)7-9(13)16/h8H,3-7H2,1-2H3,(H2,13,16)(H,14,19)(H,17,18). The summed E-state index contributed by atoms with van der Waals surface area (Å²) in [5, 5.41) is 11.4. The van der Waals surface area contributed by atoms with Crippen LogP contribution in [0.25, 0.3) is 0 Å². The van der Waals surface area contributed by atoms with Gasteiger partial charge in [-0.2, -0.15) is 0 Å². The van der Waals surface area contributed by atoms with E-state index in [9.17, 15) is 14.4 Å². The second kappa shape index (κ2) is 5.90. The summed E-state index contributed by atoms with van der Waals surface area (Å²) in [6.45, 7) is 3.90. The van der Waals surface area contributed by atoms with Crippen molar-refractivity contribution in [2.24, 2.45) is 11.7 Å². The topological polar surface area (TPSA) is 113 Å². The minimum absolute atomic E-state index is 0.217. The molecule has 0 aromatic carbocycles. The summed E-state index contributed by atoms with van der Waals surface area (Å²) in [7, 11) is 0. The molecule has 1 saturated heterocycles. The molecule has 0 unspecified atom stereocenters. The van der Waals surface area contributed by atoms with Crippen molar-refractivity contribution >= 4 is 17.9 Å². The number of likely N-dealkylation sites (tertiary alicyclic amines) is 1. The number of nitrogens with zero attached hydrogens (tertiary/aromatic N) is 1. The quantitative estimate of drug-likeness (QED) is 0.675. The monoisotopic (exact) mass is 271 g/mol. The third-order valence-corrected chi connectivity index (χ3v) is 3.35. The van der Waals surface area contributed by atoms with Crippen LogP contribution in [0.3, 0.4) is 0 Å². The molecule has 19 heavy (non-hydrogen) atoms. The zero-order chi connectivity index (χ0) is 14.6. The number of nitrogens with one attached hydrogen (secondary N) is 1. The van der Waals surface area contributed by atoms with E-state index in [1.54, 1.807) is 4.90 Å². The highest BCUT2D eigenvalue weighted by molar-refractivity contribution is 5.85. The van der Waals surface area contributed by atoms with Gasteiger partial charge in [-0.1, -0.05) is 0 Å². The number of rotatable bonds is 4. The fourth-order valence-corrected chi connectivity index (χ4v) is 2.02. The van der Waals surface area contributed by atoms with Crippen molar-refractivity contribution in [3.63, 3.8) is 0 Å². The van der Waals surface area contributed by atoms with Crippen LogP contribution in [-0.4, -0.2) is 46.5 Å². The minimum atomic E-state index is -1.29. The first kappa shape index (κ1) is 15.3. The highest BCUT2D eigenvalue weighted by Crippen LogP contribution is 2.20. The van der Waals surface area contributed by atoms with Gasteiger partial charge in [-0.25, -0.2) is 9.59 Å². The summed E-state index contributed by atoms with van der Waals surface area (Å²) in [6.07, 6.45) is 1.77. The number of carbonyl (C=O) groups excluding carboxylic acids is 2. The Morgan fingerprint density at radius 3 is 2.26 bits per heavy atom. The lowest BCUT2D eigenvalue weighted by Crippen LogP contribution is -2.55. The van der Waals surface area contributed by atoms with Crippen LogP contribution in [0.5, 0.6) is 0 Å². The molecule has 1 heterocycles. The number of piperidine rings is 1. The maximum Gasteiger partial charge on any atom is 0.328 e. The maximum atomic E-state index is 11.9. The van der Waals surface area contributed by atoms with Crippen molar-refractivity contribution in [2.75, 3.05) is 13.1 Å². The predicted molar refractivity (Wildman–Crippen MR) is 68.4 cm³/mol. The Morgan fingerprint density at radius 1 is 1.32 bits per heavy atom. The summed E-state index contributed by atoms with van der Waals surface area (Å²) >= 11 is 0. The molecule has 0 spiro atoms.